The predicted molar refractivity (Wildman–Crippen MR) is 139 cm³/mol. The molecule has 6 nitrogen and oxygen atoms in total. The molecule has 34 heavy (non-hydrogen) atoms. The van der Waals surface area contributed by atoms with Gasteiger partial charge in [-0.05, 0) is 67.4 Å². The highest BCUT2D eigenvalue weighted by molar-refractivity contribution is 9.10. The first kappa shape index (κ1) is 26.8. The molecular weight excluding hydrogens is 563 g/mol. The number of sulfonamides is 1. The van der Waals surface area contributed by atoms with Gasteiger partial charge < -0.3 is 14.8 Å². The summed E-state index contributed by atoms with van der Waals surface area (Å²) in [5, 5.41) is 9.65. The number of nitrogens with one attached hydrogen (secondary N) is 1. The summed E-state index contributed by atoms with van der Waals surface area (Å²) >= 11 is 15.8. The van der Waals surface area contributed by atoms with E-state index in [1.807, 2.05) is 25.1 Å². The number of hydrogen-bond acceptors (Lipinski definition) is 5. The van der Waals surface area contributed by atoms with Gasteiger partial charge >= 0.3 is 0 Å². The smallest absolute Gasteiger partial charge is 0.238 e. The fourth-order valence-corrected chi connectivity index (χ4v) is 4.63. The van der Waals surface area contributed by atoms with Crippen molar-refractivity contribution < 1.29 is 17.9 Å². The highest BCUT2D eigenvalue weighted by Crippen LogP contribution is 2.35. The molecule has 0 saturated heterocycles. The summed E-state index contributed by atoms with van der Waals surface area (Å²) in [5.41, 5.74) is 2.86. The van der Waals surface area contributed by atoms with Crippen molar-refractivity contribution in [1.82, 2.24) is 5.32 Å². The van der Waals surface area contributed by atoms with Gasteiger partial charge in [0.2, 0.25) is 10.0 Å². The van der Waals surface area contributed by atoms with Gasteiger partial charge in [0.15, 0.2) is 11.5 Å². The molecule has 0 aromatic heterocycles. The summed E-state index contributed by atoms with van der Waals surface area (Å²) in [6.45, 7) is 4.02. The largest absolute Gasteiger partial charge is 0.490 e. The van der Waals surface area contributed by atoms with Gasteiger partial charge in [-0.1, -0.05) is 57.3 Å². The maximum Gasteiger partial charge on any atom is 0.238 e. The number of halogens is 3. The van der Waals surface area contributed by atoms with Crippen LogP contribution in [0.25, 0.3) is 0 Å². The SMILES string of the molecule is CCOc1cc(CNCCc2ccc(S(N)(=O)=O)cc2)c(Br)cc1OCc1ccc(Cl)cc1Cl. The molecule has 0 bridgehead atoms. The number of ether oxygens (including phenoxy) is 2. The Morgan fingerprint density at radius 2 is 1.68 bits per heavy atom. The van der Waals surface area contributed by atoms with Crippen molar-refractivity contribution >= 4 is 49.2 Å². The normalized spacial score (nSPS) is 11.4. The molecule has 0 heterocycles. The van der Waals surface area contributed by atoms with E-state index in [4.69, 9.17) is 37.8 Å². The summed E-state index contributed by atoms with van der Waals surface area (Å²) in [6, 6.07) is 15.7. The Kier molecular flexibility index (Phi) is 9.65. The van der Waals surface area contributed by atoms with E-state index in [2.05, 4.69) is 21.2 Å². The maximum atomic E-state index is 11.4. The Morgan fingerprint density at radius 3 is 2.32 bits per heavy atom. The number of nitrogens with two attached hydrogens (primary N) is 1. The molecule has 0 amide bonds. The van der Waals surface area contributed by atoms with Crippen LogP contribution in [0.1, 0.15) is 23.6 Å². The zero-order chi connectivity index (χ0) is 24.7. The van der Waals surface area contributed by atoms with Gasteiger partial charge in [-0.25, -0.2) is 13.6 Å². The number of hydrogen-bond donors (Lipinski definition) is 2. The molecule has 182 valence electrons. The molecule has 0 fully saturated rings. The van der Waals surface area contributed by atoms with Crippen LogP contribution in [0.2, 0.25) is 10.0 Å². The van der Waals surface area contributed by atoms with E-state index >= 15 is 0 Å². The lowest BCUT2D eigenvalue weighted by Gasteiger charge is -2.16. The van der Waals surface area contributed by atoms with Crippen LogP contribution in [0.4, 0.5) is 0 Å². The molecule has 0 atom stereocenters. The summed E-state index contributed by atoms with van der Waals surface area (Å²) in [4.78, 5) is 0.109. The maximum absolute atomic E-state index is 11.4. The first-order valence-corrected chi connectivity index (χ1v) is 13.6. The second-order valence-corrected chi connectivity index (χ2v) is 10.7. The van der Waals surface area contributed by atoms with Crippen molar-refractivity contribution in [3.63, 3.8) is 0 Å². The van der Waals surface area contributed by atoms with E-state index in [-0.39, 0.29) is 11.5 Å². The molecule has 0 radical (unpaired) electrons. The third kappa shape index (κ3) is 7.60. The molecular formula is C24H25BrCl2N2O4S. The van der Waals surface area contributed by atoms with Crippen LogP contribution in [-0.2, 0) is 29.6 Å². The van der Waals surface area contributed by atoms with Gasteiger partial charge in [0, 0.05) is 26.6 Å². The van der Waals surface area contributed by atoms with Crippen LogP contribution < -0.4 is 19.9 Å². The minimum Gasteiger partial charge on any atom is -0.490 e. The summed E-state index contributed by atoms with van der Waals surface area (Å²) < 4.78 is 35.4. The molecule has 3 N–H and O–H groups in total. The van der Waals surface area contributed by atoms with Crippen LogP contribution in [0.5, 0.6) is 11.5 Å². The highest BCUT2D eigenvalue weighted by atomic mass is 79.9. The zero-order valence-electron chi connectivity index (χ0n) is 18.5. The Labute approximate surface area is 218 Å². The summed E-state index contributed by atoms with van der Waals surface area (Å²) in [5.74, 6) is 1.25. The van der Waals surface area contributed by atoms with Crippen molar-refractivity contribution in [1.29, 1.82) is 0 Å². The van der Waals surface area contributed by atoms with Gasteiger partial charge in [0.1, 0.15) is 6.61 Å². The zero-order valence-corrected chi connectivity index (χ0v) is 22.4. The first-order valence-electron chi connectivity index (χ1n) is 10.5. The van der Waals surface area contributed by atoms with Crippen molar-refractivity contribution in [2.75, 3.05) is 13.2 Å². The fourth-order valence-electron chi connectivity index (χ4n) is 3.19. The molecule has 3 aromatic rings. The van der Waals surface area contributed by atoms with Crippen molar-refractivity contribution in [2.24, 2.45) is 5.14 Å². The molecule has 0 unspecified atom stereocenters. The van der Waals surface area contributed by atoms with Gasteiger partial charge in [-0.2, -0.15) is 0 Å². The van der Waals surface area contributed by atoms with E-state index in [0.29, 0.717) is 41.2 Å². The average molecular weight is 588 g/mol. The lowest BCUT2D eigenvalue weighted by atomic mass is 10.1. The quantitative estimate of drug-likeness (QED) is 0.280. The standard InChI is InChI=1S/C24H25BrCl2N2O4S/c1-2-32-23-11-18(14-29-10-9-16-3-7-20(8-4-16)34(28,30)31)21(25)13-24(23)33-15-17-5-6-19(26)12-22(17)27/h3-8,11-13,29H,2,9-10,14-15H2,1H3,(H2,28,30,31). The van der Waals surface area contributed by atoms with Crippen molar-refractivity contribution in [3.05, 3.63) is 85.8 Å². The van der Waals surface area contributed by atoms with E-state index in [0.717, 1.165) is 27.6 Å². The average Bonchev–Trinajstić information content (AvgIpc) is 2.78. The Hall–Kier alpha value is -1.81. The van der Waals surface area contributed by atoms with Crippen LogP contribution in [0, 0.1) is 0 Å². The van der Waals surface area contributed by atoms with Gasteiger partial charge in [0.25, 0.3) is 0 Å². The second-order valence-electron chi connectivity index (χ2n) is 7.46. The minimum atomic E-state index is -3.68. The third-order valence-corrected chi connectivity index (χ3v) is 7.22. The van der Waals surface area contributed by atoms with E-state index in [9.17, 15) is 8.42 Å². The van der Waals surface area contributed by atoms with E-state index < -0.39 is 10.0 Å². The predicted octanol–water partition coefficient (Wildman–Crippen LogP) is 5.71. The number of primary sulfonamides is 1. The molecule has 3 aromatic carbocycles. The van der Waals surface area contributed by atoms with Gasteiger partial charge in [0.05, 0.1) is 11.5 Å². The van der Waals surface area contributed by atoms with Gasteiger partial charge in [-0.15, -0.1) is 0 Å². The molecule has 0 aliphatic rings. The Balaban J connectivity index is 1.60. The van der Waals surface area contributed by atoms with Gasteiger partial charge in [-0.3, -0.25) is 0 Å². The fraction of sp³-hybridized carbons (Fsp3) is 0.250. The summed E-state index contributed by atoms with van der Waals surface area (Å²) in [6.07, 6.45) is 0.740. The highest BCUT2D eigenvalue weighted by Gasteiger charge is 2.13. The third-order valence-electron chi connectivity index (χ3n) is 4.97. The van der Waals surface area contributed by atoms with Crippen LogP contribution >= 0.6 is 39.1 Å². The summed E-state index contributed by atoms with van der Waals surface area (Å²) in [7, 11) is -3.68. The Bertz CT molecular complexity index is 1240. The van der Waals surface area contributed by atoms with Crippen LogP contribution in [-0.4, -0.2) is 21.6 Å². The van der Waals surface area contributed by atoms with Crippen molar-refractivity contribution in [2.45, 2.75) is 31.4 Å². The molecule has 0 saturated carbocycles. The lowest BCUT2D eigenvalue weighted by molar-refractivity contribution is 0.269. The Morgan fingerprint density at radius 1 is 0.971 bits per heavy atom. The minimum absolute atomic E-state index is 0.109. The molecule has 0 spiro atoms. The number of rotatable bonds is 11. The first-order chi connectivity index (χ1) is 16.2. The number of benzene rings is 3. The molecule has 3 rings (SSSR count). The molecule has 0 aliphatic carbocycles. The van der Waals surface area contributed by atoms with E-state index in [1.54, 1.807) is 24.3 Å². The monoisotopic (exact) mass is 586 g/mol. The molecule has 0 aliphatic heterocycles. The second kappa shape index (κ2) is 12.2. The van der Waals surface area contributed by atoms with Crippen LogP contribution in [0.15, 0.2) is 64.0 Å². The molecule has 10 heteroatoms. The van der Waals surface area contributed by atoms with Crippen molar-refractivity contribution in [3.8, 4) is 11.5 Å². The lowest BCUT2D eigenvalue weighted by Crippen LogP contribution is -2.17. The topological polar surface area (TPSA) is 90.6 Å². The van der Waals surface area contributed by atoms with Crippen LogP contribution in [0.3, 0.4) is 0 Å². The van der Waals surface area contributed by atoms with E-state index in [1.165, 1.54) is 12.1 Å².